The normalized spacial score (nSPS) is 9.00. The molecule has 0 nitrogen and oxygen atoms in total. The molecule has 0 aliphatic rings. The summed E-state index contributed by atoms with van der Waals surface area (Å²) < 4.78 is 46.2. The number of rotatable bonds is 1. The summed E-state index contributed by atoms with van der Waals surface area (Å²) in [5.41, 5.74) is -1.31. The molecule has 0 spiro atoms. The van der Waals surface area contributed by atoms with Crippen molar-refractivity contribution in [3.63, 3.8) is 0 Å². The Hall–Kier alpha value is -0.800. The fourth-order valence-electron chi connectivity index (χ4n) is 0.283. The number of hydrogen-bond acceptors (Lipinski definition) is 0. The van der Waals surface area contributed by atoms with Gasteiger partial charge >= 0.3 is 0 Å². The Morgan fingerprint density at radius 1 is 0.700 bits per heavy atom. The molecular formula is C6H6F4. The SMILES string of the molecule is CC(=C(F)F)C(C)=C(F)F. The lowest BCUT2D eigenvalue weighted by Crippen LogP contribution is -1.82. The number of allylic oxidation sites excluding steroid dienone is 2. The van der Waals surface area contributed by atoms with Crippen molar-refractivity contribution in [2.45, 2.75) is 13.8 Å². The predicted octanol–water partition coefficient (Wildman–Crippen LogP) is 3.33. The lowest BCUT2D eigenvalue weighted by Gasteiger charge is -1.95. The van der Waals surface area contributed by atoms with Crippen LogP contribution in [0, 0.1) is 0 Å². The van der Waals surface area contributed by atoms with Gasteiger partial charge in [0.15, 0.2) is 0 Å². The average molecular weight is 154 g/mol. The zero-order valence-electron chi connectivity index (χ0n) is 5.51. The molecule has 0 heterocycles. The highest BCUT2D eigenvalue weighted by atomic mass is 19.3. The summed E-state index contributed by atoms with van der Waals surface area (Å²) in [5, 5.41) is 0. The van der Waals surface area contributed by atoms with Gasteiger partial charge in [0.25, 0.3) is 12.2 Å². The third-order valence-electron chi connectivity index (χ3n) is 1.13. The second-order valence-electron chi connectivity index (χ2n) is 1.77. The van der Waals surface area contributed by atoms with Gasteiger partial charge in [-0.3, -0.25) is 0 Å². The van der Waals surface area contributed by atoms with E-state index in [9.17, 15) is 17.6 Å². The smallest absolute Gasteiger partial charge is 0.173 e. The first-order valence-corrected chi connectivity index (χ1v) is 2.51. The highest BCUT2D eigenvalue weighted by Gasteiger charge is 2.07. The second kappa shape index (κ2) is 3.39. The summed E-state index contributed by atoms with van der Waals surface area (Å²) in [6.45, 7) is 1.90. The molecule has 0 aromatic rings. The Morgan fingerprint density at radius 2 is 0.900 bits per heavy atom. The van der Waals surface area contributed by atoms with Crippen molar-refractivity contribution in [2.24, 2.45) is 0 Å². The first-order valence-electron chi connectivity index (χ1n) is 2.51. The standard InChI is InChI=1S/C6H6F4/c1-3(5(7)8)4(2)6(9)10/h1-2H3. The van der Waals surface area contributed by atoms with Crippen LogP contribution in [0.5, 0.6) is 0 Å². The Kier molecular flexibility index (Phi) is 3.12. The van der Waals surface area contributed by atoms with E-state index < -0.39 is 23.3 Å². The maximum Gasteiger partial charge on any atom is 0.273 e. The minimum Gasteiger partial charge on any atom is -0.173 e. The van der Waals surface area contributed by atoms with Gasteiger partial charge in [0.05, 0.1) is 0 Å². The molecule has 0 unspecified atom stereocenters. The molecule has 0 bridgehead atoms. The van der Waals surface area contributed by atoms with E-state index in [1.165, 1.54) is 0 Å². The molecule has 0 saturated heterocycles. The molecule has 0 atom stereocenters. The van der Waals surface area contributed by atoms with Crippen LogP contribution in [0.4, 0.5) is 17.6 Å². The van der Waals surface area contributed by atoms with E-state index in [1.54, 1.807) is 0 Å². The third-order valence-corrected chi connectivity index (χ3v) is 1.13. The Morgan fingerprint density at radius 3 is 1.00 bits per heavy atom. The Bertz CT molecular complexity index is 160. The van der Waals surface area contributed by atoms with Crippen molar-refractivity contribution >= 4 is 0 Å². The lowest BCUT2D eigenvalue weighted by atomic mass is 10.2. The maximum atomic E-state index is 11.6. The van der Waals surface area contributed by atoms with Crippen molar-refractivity contribution in [3.8, 4) is 0 Å². The molecule has 10 heavy (non-hydrogen) atoms. The molecule has 0 aromatic carbocycles. The molecular weight excluding hydrogens is 148 g/mol. The molecule has 0 aliphatic heterocycles. The zero-order valence-corrected chi connectivity index (χ0v) is 5.51. The topological polar surface area (TPSA) is 0 Å². The van der Waals surface area contributed by atoms with Crippen LogP contribution in [-0.2, 0) is 0 Å². The summed E-state index contributed by atoms with van der Waals surface area (Å²) in [5.74, 6) is 0. The Labute approximate surface area is 55.8 Å². The number of halogens is 4. The highest BCUT2D eigenvalue weighted by molar-refractivity contribution is 5.27. The monoisotopic (exact) mass is 154 g/mol. The van der Waals surface area contributed by atoms with Crippen LogP contribution in [0.25, 0.3) is 0 Å². The van der Waals surface area contributed by atoms with Crippen LogP contribution in [0.2, 0.25) is 0 Å². The average Bonchev–Trinajstić information content (AvgIpc) is 1.84. The molecule has 0 N–H and O–H groups in total. The van der Waals surface area contributed by atoms with E-state index in [-0.39, 0.29) is 0 Å². The van der Waals surface area contributed by atoms with Crippen LogP contribution in [-0.4, -0.2) is 0 Å². The van der Waals surface area contributed by atoms with Crippen LogP contribution < -0.4 is 0 Å². The van der Waals surface area contributed by atoms with Gasteiger partial charge in [-0.2, -0.15) is 17.6 Å². The van der Waals surface area contributed by atoms with E-state index >= 15 is 0 Å². The van der Waals surface area contributed by atoms with Gasteiger partial charge in [-0.25, -0.2) is 0 Å². The van der Waals surface area contributed by atoms with Gasteiger partial charge in [-0.15, -0.1) is 0 Å². The fourth-order valence-corrected chi connectivity index (χ4v) is 0.283. The van der Waals surface area contributed by atoms with E-state index in [0.29, 0.717) is 0 Å². The van der Waals surface area contributed by atoms with Crippen molar-refractivity contribution in [2.75, 3.05) is 0 Å². The van der Waals surface area contributed by atoms with Crippen LogP contribution in [0.1, 0.15) is 13.8 Å². The molecule has 0 saturated carbocycles. The molecule has 0 radical (unpaired) electrons. The summed E-state index contributed by atoms with van der Waals surface area (Å²) in [7, 11) is 0. The van der Waals surface area contributed by atoms with Crippen molar-refractivity contribution < 1.29 is 17.6 Å². The fraction of sp³-hybridized carbons (Fsp3) is 0.333. The van der Waals surface area contributed by atoms with Gasteiger partial charge in [0, 0.05) is 11.1 Å². The largest absolute Gasteiger partial charge is 0.273 e. The first-order chi connectivity index (χ1) is 4.46. The molecule has 4 heteroatoms. The molecule has 0 rings (SSSR count). The summed E-state index contributed by atoms with van der Waals surface area (Å²) in [6.07, 6.45) is -4.13. The molecule has 0 aromatic heterocycles. The molecule has 0 aliphatic carbocycles. The zero-order chi connectivity index (χ0) is 8.31. The van der Waals surface area contributed by atoms with Gasteiger partial charge in [-0.05, 0) is 13.8 Å². The van der Waals surface area contributed by atoms with Crippen LogP contribution in [0.3, 0.4) is 0 Å². The van der Waals surface area contributed by atoms with E-state index in [1.807, 2.05) is 0 Å². The van der Waals surface area contributed by atoms with Crippen molar-refractivity contribution in [1.82, 2.24) is 0 Å². The predicted molar refractivity (Wildman–Crippen MR) is 29.8 cm³/mol. The number of hydrogen-bond donors (Lipinski definition) is 0. The Balaban J connectivity index is 4.71. The van der Waals surface area contributed by atoms with Gasteiger partial charge in [-0.1, -0.05) is 0 Å². The van der Waals surface area contributed by atoms with Gasteiger partial charge < -0.3 is 0 Å². The van der Waals surface area contributed by atoms with Gasteiger partial charge in [0.2, 0.25) is 0 Å². The second-order valence-corrected chi connectivity index (χ2v) is 1.77. The van der Waals surface area contributed by atoms with Gasteiger partial charge in [0.1, 0.15) is 0 Å². The molecule has 0 amide bonds. The molecule has 0 fully saturated rings. The maximum absolute atomic E-state index is 11.6. The summed E-state index contributed by atoms with van der Waals surface area (Å²) >= 11 is 0. The summed E-state index contributed by atoms with van der Waals surface area (Å²) in [4.78, 5) is 0. The van der Waals surface area contributed by atoms with E-state index in [4.69, 9.17) is 0 Å². The van der Waals surface area contributed by atoms with Crippen molar-refractivity contribution in [3.05, 3.63) is 23.3 Å². The van der Waals surface area contributed by atoms with Crippen molar-refractivity contribution in [1.29, 1.82) is 0 Å². The van der Waals surface area contributed by atoms with Crippen LogP contribution >= 0.6 is 0 Å². The summed E-state index contributed by atoms with van der Waals surface area (Å²) in [6, 6.07) is 0. The minimum atomic E-state index is -2.06. The highest BCUT2D eigenvalue weighted by Crippen LogP contribution is 2.20. The first kappa shape index (κ1) is 9.20. The molecule has 58 valence electrons. The lowest BCUT2D eigenvalue weighted by molar-refractivity contribution is 0.397. The third kappa shape index (κ3) is 2.21. The van der Waals surface area contributed by atoms with E-state index in [0.717, 1.165) is 13.8 Å². The quantitative estimate of drug-likeness (QED) is 0.401. The van der Waals surface area contributed by atoms with E-state index in [2.05, 4.69) is 0 Å². The minimum absolute atomic E-state index is 0.653. The van der Waals surface area contributed by atoms with Crippen LogP contribution in [0.15, 0.2) is 23.3 Å².